The van der Waals surface area contributed by atoms with E-state index < -0.39 is 14.9 Å². The predicted octanol–water partition coefficient (Wildman–Crippen LogP) is 1.60. The Morgan fingerprint density at radius 2 is 2.07 bits per heavy atom. The summed E-state index contributed by atoms with van der Waals surface area (Å²) in [7, 11) is -0.203. The number of nitrogens with zero attached hydrogens (tertiary/aromatic N) is 5. The fourth-order valence-corrected chi connectivity index (χ4v) is 4.64. The van der Waals surface area contributed by atoms with Crippen LogP contribution in [-0.4, -0.2) is 60.9 Å². The highest BCUT2D eigenvalue weighted by atomic mass is 32.2. The van der Waals surface area contributed by atoms with E-state index in [9.17, 15) is 18.5 Å². The number of aryl methyl sites for hydroxylation is 1. The van der Waals surface area contributed by atoms with Crippen molar-refractivity contribution in [1.29, 1.82) is 0 Å². The average molecular weight is 407 g/mol. The number of nitro groups is 1. The minimum absolute atomic E-state index is 0.0586. The third kappa shape index (κ3) is 4.04. The van der Waals surface area contributed by atoms with E-state index in [0.717, 1.165) is 6.07 Å². The number of anilines is 1. The number of benzene rings is 1. The van der Waals surface area contributed by atoms with Crippen LogP contribution in [0.4, 0.5) is 11.5 Å². The van der Waals surface area contributed by atoms with Gasteiger partial charge < -0.3 is 9.64 Å². The molecule has 0 bridgehead atoms. The van der Waals surface area contributed by atoms with E-state index in [4.69, 9.17) is 4.74 Å². The van der Waals surface area contributed by atoms with Gasteiger partial charge >= 0.3 is 0 Å². The molecule has 0 N–H and O–H groups in total. The molecule has 1 saturated heterocycles. The second kappa shape index (κ2) is 7.68. The number of sulfonamides is 1. The van der Waals surface area contributed by atoms with E-state index in [1.54, 1.807) is 18.0 Å². The molecule has 0 radical (unpaired) electrons. The van der Waals surface area contributed by atoms with Crippen molar-refractivity contribution in [1.82, 2.24) is 14.3 Å². The van der Waals surface area contributed by atoms with Crippen LogP contribution in [0.15, 0.2) is 35.5 Å². The quantitative estimate of drug-likeness (QED) is 0.523. The Hall–Kier alpha value is -2.79. The molecule has 0 spiro atoms. The monoisotopic (exact) mass is 407 g/mol. The number of rotatable bonds is 6. The predicted molar refractivity (Wildman–Crippen MR) is 102 cm³/mol. The average Bonchev–Trinajstić information content (AvgIpc) is 3.11. The van der Waals surface area contributed by atoms with Crippen molar-refractivity contribution < 1.29 is 18.1 Å². The first-order chi connectivity index (χ1) is 13.2. The van der Waals surface area contributed by atoms with Crippen LogP contribution in [-0.2, 0) is 10.0 Å². The zero-order valence-corrected chi connectivity index (χ0v) is 16.6. The fraction of sp³-hybridized carbons (Fsp3) is 0.412. The second-order valence-electron chi connectivity index (χ2n) is 6.71. The molecule has 3 rings (SSSR count). The molecule has 10 nitrogen and oxygen atoms in total. The fourth-order valence-electron chi connectivity index (χ4n) is 2.91. The van der Waals surface area contributed by atoms with Crippen LogP contribution in [0.2, 0.25) is 0 Å². The largest absolute Gasteiger partial charge is 0.472 e. The van der Waals surface area contributed by atoms with Crippen molar-refractivity contribution in [3.05, 3.63) is 46.3 Å². The number of aromatic nitrogens is 2. The minimum Gasteiger partial charge on any atom is -0.472 e. The Balaban J connectivity index is 1.77. The summed E-state index contributed by atoms with van der Waals surface area (Å²) in [4.78, 5) is 20.5. The van der Waals surface area contributed by atoms with Crippen molar-refractivity contribution in [2.24, 2.45) is 0 Å². The molecular formula is C17H21N5O5S. The molecule has 0 saturated carbocycles. The SMILES string of the molecule is Cc1ccc([N+](=O)[O-])cc1S(=O)(=O)N1CCC(Oc2cncc(N(C)C)n2)C1. The van der Waals surface area contributed by atoms with Gasteiger partial charge in [-0.25, -0.2) is 8.42 Å². The molecule has 2 heterocycles. The molecule has 1 atom stereocenters. The standard InChI is InChI=1S/C17H21N5O5S/c1-12-4-5-13(22(23)24)8-15(12)28(25,26)21-7-6-14(11-21)27-17-10-18-9-16(19-17)20(2)3/h4-5,8-10,14H,6-7,11H2,1-3H3. The second-order valence-corrected chi connectivity index (χ2v) is 8.61. The summed E-state index contributed by atoms with van der Waals surface area (Å²) in [5.74, 6) is 0.953. The zero-order chi connectivity index (χ0) is 20.5. The Morgan fingerprint density at radius 1 is 1.32 bits per heavy atom. The molecule has 1 aromatic carbocycles. The van der Waals surface area contributed by atoms with E-state index in [2.05, 4.69) is 9.97 Å². The number of nitro benzene ring substituents is 1. The van der Waals surface area contributed by atoms with Crippen LogP contribution in [0.3, 0.4) is 0 Å². The van der Waals surface area contributed by atoms with E-state index in [0.29, 0.717) is 23.7 Å². The first kappa shape index (κ1) is 20.0. The maximum Gasteiger partial charge on any atom is 0.270 e. The van der Waals surface area contributed by atoms with E-state index in [1.165, 1.54) is 22.6 Å². The molecule has 11 heteroatoms. The van der Waals surface area contributed by atoms with Gasteiger partial charge in [0.1, 0.15) is 6.10 Å². The first-order valence-corrected chi connectivity index (χ1v) is 10.0. The number of hydrogen-bond donors (Lipinski definition) is 0. The van der Waals surface area contributed by atoms with E-state index in [1.807, 2.05) is 14.1 Å². The van der Waals surface area contributed by atoms with Gasteiger partial charge in [-0.05, 0) is 18.9 Å². The van der Waals surface area contributed by atoms with Crippen molar-refractivity contribution in [2.75, 3.05) is 32.1 Å². The van der Waals surface area contributed by atoms with Crippen molar-refractivity contribution in [3.63, 3.8) is 0 Å². The van der Waals surface area contributed by atoms with Crippen LogP contribution in [0.1, 0.15) is 12.0 Å². The summed E-state index contributed by atoms with van der Waals surface area (Å²) in [6.45, 7) is 2.01. The van der Waals surface area contributed by atoms with Crippen LogP contribution >= 0.6 is 0 Å². The van der Waals surface area contributed by atoms with Gasteiger partial charge in [-0.2, -0.15) is 9.29 Å². The maximum atomic E-state index is 13.0. The molecule has 1 aliphatic heterocycles. The Kier molecular flexibility index (Phi) is 5.47. The van der Waals surface area contributed by atoms with Crippen LogP contribution in [0.5, 0.6) is 5.88 Å². The molecule has 1 aliphatic rings. The van der Waals surface area contributed by atoms with Crippen molar-refractivity contribution in [2.45, 2.75) is 24.3 Å². The highest BCUT2D eigenvalue weighted by Crippen LogP contribution is 2.28. The Bertz CT molecular complexity index is 995. The Morgan fingerprint density at radius 3 is 2.75 bits per heavy atom. The van der Waals surface area contributed by atoms with Gasteiger partial charge in [0.2, 0.25) is 15.9 Å². The molecule has 150 valence electrons. The van der Waals surface area contributed by atoms with Gasteiger partial charge in [-0.1, -0.05) is 6.07 Å². The van der Waals surface area contributed by atoms with E-state index >= 15 is 0 Å². The maximum absolute atomic E-state index is 13.0. The summed E-state index contributed by atoms with van der Waals surface area (Å²) in [6, 6.07) is 3.84. The normalized spacial score (nSPS) is 17.5. The highest BCUT2D eigenvalue weighted by Gasteiger charge is 2.35. The lowest BCUT2D eigenvalue weighted by molar-refractivity contribution is -0.385. The van der Waals surface area contributed by atoms with Crippen molar-refractivity contribution >= 4 is 21.5 Å². The van der Waals surface area contributed by atoms with Gasteiger partial charge in [0.25, 0.3) is 5.69 Å². The third-order valence-corrected chi connectivity index (χ3v) is 6.46. The molecular weight excluding hydrogens is 386 g/mol. The first-order valence-electron chi connectivity index (χ1n) is 8.59. The van der Waals surface area contributed by atoms with Crippen LogP contribution in [0.25, 0.3) is 0 Å². The Labute approximate surface area is 163 Å². The summed E-state index contributed by atoms with van der Waals surface area (Å²) < 4.78 is 33.1. The van der Waals surface area contributed by atoms with Crippen LogP contribution < -0.4 is 9.64 Å². The minimum atomic E-state index is -3.87. The lowest BCUT2D eigenvalue weighted by Crippen LogP contribution is -2.31. The summed E-state index contributed by atoms with van der Waals surface area (Å²) >= 11 is 0. The molecule has 1 fully saturated rings. The molecule has 1 aromatic heterocycles. The molecule has 0 aliphatic carbocycles. The highest BCUT2D eigenvalue weighted by molar-refractivity contribution is 7.89. The molecule has 2 aromatic rings. The molecule has 28 heavy (non-hydrogen) atoms. The molecule has 0 amide bonds. The summed E-state index contributed by atoms with van der Waals surface area (Å²) in [5.41, 5.74) is 0.200. The summed E-state index contributed by atoms with van der Waals surface area (Å²) in [6.07, 6.45) is 3.19. The van der Waals surface area contributed by atoms with Gasteiger partial charge in [-0.15, -0.1) is 0 Å². The number of ether oxygens (including phenoxy) is 1. The number of hydrogen-bond acceptors (Lipinski definition) is 8. The smallest absolute Gasteiger partial charge is 0.270 e. The zero-order valence-electron chi connectivity index (χ0n) is 15.8. The molecule has 1 unspecified atom stereocenters. The van der Waals surface area contributed by atoms with Gasteiger partial charge in [0.15, 0.2) is 5.82 Å². The van der Waals surface area contributed by atoms with E-state index in [-0.39, 0.29) is 29.8 Å². The topological polar surface area (TPSA) is 119 Å². The lowest BCUT2D eigenvalue weighted by Gasteiger charge is -2.18. The number of non-ortho nitro benzene ring substituents is 1. The van der Waals surface area contributed by atoms with Gasteiger partial charge in [-0.3, -0.25) is 15.1 Å². The van der Waals surface area contributed by atoms with Crippen LogP contribution in [0, 0.1) is 17.0 Å². The van der Waals surface area contributed by atoms with Crippen molar-refractivity contribution in [3.8, 4) is 5.88 Å². The lowest BCUT2D eigenvalue weighted by atomic mass is 10.2. The third-order valence-electron chi connectivity index (χ3n) is 4.45. The summed E-state index contributed by atoms with van der Waals surface area (Å²) in [5, 5.41) is 11.0. The van der Waals surface area contributed by atoms with Gasteiger partial charge in [0.05, 0.1) is 28.8 Å². The van der Waals surface area contributed by atoms with Gasteiger partial charge in [0, 0.05) is 32.8 Å².